The van der Waals surface area contributed by atoms with Gasteiger partial charge in [0.25, 0.3) is 0 Å². The molecule has 0 N–H and O–H groups in total. The van der Waals surface area contributed by atoms with Gasteiger partial charge in [-0.25, -0.2) is 38.4 Å². The summed E-state index contributed by atoms with van der Waals surface area (Å²) in [7, 11) is 0. The summed E-state index contributed by atoms with van der Waals surface area (Å²) in [4.78, 5) is 113. The molecular formula is C72H62O20. The highest BCUT2D eigenvalue weighted by molar-refractivity contribution is 5.93. The Morgan fingerprint density at radius 2 is 0.533 bits per heavy atom. The molecule has 0 amide bonds. The fourth-order valence-corrected chi connectivity index (χ4v) is 9.95. The molecule has 8 aromatic rings. The molecule has 92 heavy (non-hydrogen) atoms. The molecule has 8 aromatic carbocycles. The van der Waals surface area contributed by atoms with E-state index in [1.54, 1.807) is 153 Å². The molecule has 2 aliphatic rings. The fourth-order valence-electron chi connectivity index (χ4n) is 9.95. The monoisotopic (exact) mass is 1250 g/mol. The molecule has 0 saturated carbocycles. The van der Waals surface area contributed by atoms with Crippen LogP contribution in [0.15, 0.2) is 243 Å². The van der Waals surface area contributed by atoms with Crippen molar-refractivity contribution in [1.82, 2.24) is 0 Å². The maximum atomic E-state index is 14.3. The maximum Gasteiger partial charge on any atom is 0.338 e. The Bertz CT molecular complexity index is 3740. The zero-order valence-corrected chi connectivity index (χ0v) is 49.4. The third kappa shape index (κ3) is 17.0. The number of esters is 8. The molecule has 10 rings (SSSR count). The summed E-state index contributed by atoms with van der Waals surface area (Å²) in [5.41, 5.74) is 0.823. The van der Waals surface area contributed by atoms with E-state index in [1.165, 1.54) is 97.1 Å². The minimum Gasteiger partial charge on any atom is -0.459 e. The molecule has 0 aromatic heterocycles. The lowest BCUT2D eigenvalue weighted by molar-refractivity contribution is -0.312. The van der Waals surface area contributed by atoms with Crippen molar-refractivity contribution < 1.29 is 95.2 Å². The van der Waals surface area contributed by atoms with Gasteiger partial charge in [-0.05, 0) is 110 Å². The summed E-state index contributed by atoms with van der Waals surface area (Å²) in [6.07, 6.45) is -17.8. The van der Waals surface area contributed by atoms with Gasteiger partial charge in [0, 0.05) is 0 Å². The standard InChI is InChI=1S/C72H62O20/c1-46(84-72-62(92-70(80)54-40-24-9-25-41-54)60(90-68(78)52-36-20-7-21-37-52)58(88-66(76)50-32-16-5-17-33-50)56(86-72)45-83-64(74)48-28-12-3-13-29-48)42-43-81-71-61(91-69(79)53-38-22-8-23-39-53)59(89-67(77)51-34-18-6-19-35-51)57(87-65(75)49-30-14-4-15-31-49)55(85-71)44-82-63(73)47-26-10-2-11-27-47/h2-41,46,55-62,71-72H,42-45H2,1H3/t46-,55-,56-,57-,58-,59+,60+,61+,62+,71+,72+/m1/s1. The quantitative estimate of drug-likeness (QED) is 0.0403. The van der Waals surface area contributed by atoms with E-state index in [1.807, 2.05) is 0 Å². The molecule has 2 heterocycles. The van der Waals surface area contributed by atoms with Crippen molar-refractivity contribution >= 4 is 47.8 Å². The van der Waals surface area contributed by atoms with Crippen LogP contribution in [0, 0.1) is 0 Å². The number of benzene rings is 8. The van der Waals surface area contributed by atoms with Crippen molar-refractivity contribution in [2.75, 3.05) is 19.8 Å². The van der Waals surface area contributed by atoms with Gasteiger partial charge in [0.2, 0.25) is 0 Å². The van der Waals surface area contributed by atoms with Crippen molar-refractivity contribution in [3.8, 4) is 0 Å². The lowest BCUT2D eigenvalue weighted by Crippen LogP contribution is -2.63. The third-order valence-corrected chi connectivity index (χ3v) is 14.6. The molecule has 0 spiro atoms. The average Bonchev–Trinajstić information content (AvgIpc) is 0.875. The third-order valence-electron chi connectivity index (χ3n) is 14.6. The Morgan fingerprint density at radius 3 is 0.815 bits per heavy atom. The number of rotatable bonds is 24. The Kier molecular flexibility index (Phi) is 22.2. The second-order valence-electron chi connectivity index (χ2n) is 21.0. The minimum atomic E-state index is -1.74. The summed E-state index contributed by atoms with van der Waals surface area (Å²) in [5.74, 6) is -7.05. The molecule has 2 fully saturated rings. The number of carbonyl (C=O) groups excluding carboxylic acids is 8. The summed E-state index contributed by atoms with van der Waals surface area (Å²) in [5, 5.41) is 0. The first kappa shape index (κ1) is 64.3. The van der Waals surface area contributed by atoms with Crippen molar-refractivity contribution in [3.63, 3.8) is 0 Å². The molecule has 0 aliphatic carbocycles. The minimum absolute atomic E-state index is 0.0716. The largest absolute Gasteiger partial charge is 0.459 e. The van der Waals surface area contributed by atoms with E-state index in [2.05, 4.69) is 0 Å². The van der Waals surface area contributed by atoms with E-state index >= 15 is 0 Å². The first-order chi connectivity index (χ1) is 44.9. The smallest absolute Gasteiger partial charge is 0.338 e. The Labute approximate surface area is 528 Å². The first-order valence-corrected chi connectivity index (χ1v) is 29.5. The van der Waals surface area contributed by atoms with Gasteiger partial charge in [0.05, 0.1) is 57.2 Å². The van der Waals surface area contributed by atoms with E-state index in [4.69, 9.17) is 56.8 Å². The Hall–Kier alpha value is -10.6. The maximum absolute atomic E-state index is 14.3. The average molecular weight is 1250 g/mol. The molecular weight excluding hydrogens is 1180 g/mol. The second kappa shape index (κ2) is 31.7. The van der Waals surface area contributed by atoms with Crippen molar-refractivity contribution in [3.05, 3.63) is 287 Å². The first-order valence-electron chi connectivity index (χ1n) is 29.5. The molecule has 2 saturated heterocycles. The predicted octanol–water partition coefficient (Wildman–Crippen LogP) is 10.3. The van der Waals surface area contributed by atoms with Crippen LogP contribution in [-0.2, 0) is 56.8 Å². The summed E-state index contributed by atoms with van der Waals surface area (Å²) < 4.78 is 75.3. The van der Waals surface area contributed by atoms with Gasteiger partial charge in [0.1, 0.15) is 25.4 Å². The number of carbonyl (C=O) groups is 8. The van der Waals surface area contributed by atoms with Crippen molar-refractivity contribution in [2.24, 2.45) is 0 Å². The van der Waals surface area contributed by atoms with Gasteiger partial charge in [-0.15, -0.1) is 0 Å². The fraction of sp³-hybridized carbons (Fsp3) is 0.222. The van der Waals surface area contributed by atoms with Crippen LogP contribution >= 0.6 is 0 Å². The van der Waals surface area contributed by atoms with Crippen LogP contribution in [0.25, 0.3) is 0 Å². The molecule has 2 aliphatic heterocycles. The van der Waals surface area contributed by atoms with Crippen LogP contribution < -0.4 is 0 Å². The molecule has 20 nitrogen and oxygen atoms in total. The van der Waals surface area contributed by atoms with Gasteiger partial charge < -0.3 is 56.8 Å². The van der Waals surface area contributed by atoms with Gasteiger partial charge in [-0.2, -0.15) is 0 Å². The van der Waals surface area contributed by atoms with Crippen LogP contribution in [-0.4, -0.2) is 135 Å². The topological polar surface area (TPSA) is 247 Å². The second-order valence-corrected chi connectivity index (χ2v) is 21.0. The van der Waals surface area contributed by atoms with Crippen LogP contribution in [0.2, 0.25) is 0 Å². The summed E-state index contributed by atoms with van der Waals surface area (Å²) >= 11 is 0. The number of ether oxygens (including phenoxy) is 12. The highest BCUT2D eigenvalue weighted by Gasteiger charge is 2.56. The molecule has 11 atom stereocenters. The van der Waals surface area contributed by atoms with Gasteiger partial charge in [-0.1, -0.05) is 146 Å². The van der Waals surface area contributed by atoms with Gasteiger partial charge in [0.15, 0.2) is 49.2 Å². The van der Waals surface area contributed by atoms with Crippen molar-refractivity contribution in [1.29, 1.82) is 0 Å². The highest BCUT2D eigenvalue weighted by Crippen LogP contribution is 2.35. The molecule has 0 unspecified atom stereocenters. The van der Waals surface area contributed by atoms with Crippen LogP contribution in [0.5, 0.6) is 0 Å². The summed E-state index contributed by atoms with van der Waals surface area (Å²) in [6, 6.07) is 63.4. The van der Waals surface area contributed by atoms with Crippen LogP contribution in [0.1, 0.15) is 96.2 Å². The SMILES string of the molecule is C[C@H](CCO[C@H]1O[C@H](COC(=O)c2ccccc2)[C@@H](OC(=O)c2ccccc2)[C@H](OC(=O)c2ccccc2)[C@@H]1OC(=O)c1ccccc1)O[C@H]1O[C@H](COC(=O)c2ccccc2)[C@@H](OC(=O)c2ccccc2)[C@H](OC(=O)c2ccccc2)[C@@H]1OC(=O)c1ccccc1. The van der Waals surface area contributed by atoms with E-state index < -0.39 is 128 Å². The van der Waals surface area contributed by atoms with E-state index in [9.17, 15) is 38.4 Å². The molecule has 0 radical (unpaired) electrons. The lowest BCUT2D eigenvalue weighted by Gasteiger charge is -2.45. The lowest BCUT2D eigenvalue weighted by atomic mass is 9.97. The summed E-state index contributed by atoms with van der Waals surface area (Å²) in [6.45, 7) is 0.000658. The van der Waals surface area contributed by atoms with Crippen LogP contribution in [0.4, 0.5) is 0 Å². The zero-order valence-electron chi connectivity index (χ0n) is 49.4. The van der Waals surface area contributed by atoms with Crippen molar-refractivity contribution in [2.45, 2.75) is 80.9 Å². The Balaban J connectivity index is 0.986. The van der Waals surface area contributed by atoms with Gasteiger partial charge >= 0.3 is 47.8 Å². The Morgan fingerprint density at radius 1 is 0.304 bits per heavy atom. The van der Waals surface area contributed by atoms with E-state index in [0.29, 0.717) is 0 Å². The predicted molar refractivity (Wildman–Crippen MR) is 326 cm³/mol. The molecule has 470 valence electrons. The molecule has 20 heteroatoms. The number of hydrogen-bond donors (Lipinski definition) is 0. The van der Waals surface area contributed by atoms with Gasteiger partial charge in [-0.3, -0.25) is 0 Å². The van der Waals surface area contributed by atoms with E-state index in [0.717, 1.165) is 0 Å². The number of hydrogen-bond acceptors (Lipinski definition) is 20. The highest BCUT2D eigenvalue weighted by atomic mass is 16.8. The zero-order chi connectivity index (χ0) is 64.2. The normalized spacial score (nSPS) is 21.1. The molecule has 0 bridgehead atoms. The van der Waals surface area contributed by atoms with E-state index in [-0.39, 0.29) is 57.5 Å². The van der Waals surface area contributed by atoms with Crippen LogP contribution in [0.3, 0.4) is 0 Å².